The van der Waals surface area contributed by atoms with E-state index in [-0.39, 0.29) is 5.84 Å². The van der Waals surface area contributed by atoms with Crippen LogP contribution in [0.1, 0.15) is 5.56 Å². The van der Waals surface area contributed by atoms with Gasteiger partial charge in [0, 0.05) is 18.0 Å². The molecule has 6 nitrogen and oxygen atoms in total. The van der Waals surface area contributed by atoms with Gasteiger partial charge in [0.15, 0.2) is 5.84 Å². The second-order valence-corrected chi connectivity index (χ2v) is 4.15. The van der Waals surface area contributed by atoms with Gasteiger partial charge < -0.3 is 15.7 Å². The number of benzene rings is 1. The topological polar surface area (TPSA) is 85.7 Å². The summed E-state index contributed by atoms with van der Waals surface area (Å²) >= 11 is 6.01. The van der Waals surface area contributed by atoms with Crippen LogP contribution in [0.4, 0.5) is 0 Å². The lowest BCUT2D eigenvalue weighted by atomic mass is 10.2. The Morgan fingerprint density at radius 2 is 2.37 bits per heavy atom. The van der Waals surface area contributed by atoms with Crippen LogP contribution in [0, 0.1) is 0 Å². The van der Waals surface area contributed by atoms with Gasteiger partial charge in [-0.05, 0) is 24.3 Å². The fraction of sp³-hybridized carbons (Fsp3) is 0.167. The van der Waals surface area contributed by atoms with E-state index in [1.807, 2.05) is 12.3 Å². The van der Waals surface area contributed by atoms with Crippen molar-refractivity contribution in [3.63, 3.8) is 0 Å². The molecule has 0 bridgehead atoms. The van der Waals surface area contributed by atoms with Crippen molar-refractivity contribution >= 4 is 17.4 Å². The predicted octanol–water partition coefficient (Wildman–Crippen LogP) is 1.71. The van der Waals surface area contributed by atoms with Gasteiger partial charge in [-0.2, -0.15) is 5.10 Å². The van der Waals surface area contributed by atoms with Crippen LogP contribution >= 0.6 is 11.6 Å². The van der Waals surface area contributed by atoms with Crippen LogP contribution in [0.2, 0.25) is 5.02 Å². The highest BCUT2D eigenvalue weighted by atomic mass is 35.5. The van der Waals surface area contributed by atoms with E-state index < -0.39 is 0 Å². The number of oxime groups is 1. The molecule has 1 heterocycles. The Morgan fingerprint density at radius 1 is 1.53 bits per heavy atom. The summed E-state index contributed by atoms with van der Waals surface area (Å²) in [5, 5.41) is 15.9. The van der Waals surface area contributed by atoms with Crippen molar-refractivity contribution in [1.82, 2.24) is 9.78 Å². The summed E-state index contributed by atoms with van der Waals surface area (Å²) in [5.74, 6) is 0.583. The second-order valence-electron chi connectivity index (χ2n) is 3.74. The minimum Gasteiger partial charge on any atom is -0.492 e. The van der Waals surface area contributed by atoms with E-state index in [0.29, 0.717) is 29.5 Å². The van der Waals surface area contributed by atoms with E-state index in [4.69, 9.17) is 27.3 Å². The van der Waals surface area contributed by atoms with E-state index in [1.165, 1.54) is 0 Å². The van der Waals surface area contributed by atoms with Crippen LogP contribution in [0.25, 0.3) is 0 Å². The van der Waals surface area contributed by atoms with E-state index in [1.54, 1.807) is 29.1 Å². The van der Waals surface area contributed by atoms with Gasteiger partial charge in [0.2, 0.25) is 0 Å². The molecule has 100 valence electrons. The summed E-state index contributed by atoms with van der Waals surface area (Å²) in [6.45, 7) is 1.12. The average molecular weight is 281 g/mol. The van der Waals surface area contributed by atoms with Crippen molar-refractivity contribution in [2.45, 2.75) is 6.54 Å². The monoisotopic (exact) mass is 280 g/mol. The molecule has 3 N–H and O–H groups in total. The zero-order valence-electron chi connectivity index (χ0n) is 10.0. The minimum atomic E-state index is -0.0342. The molecule has 1 aromatic heterocycles. The van der Waals surface area contributed by atoms with Gasteiger partial charge in [-0.25, -0.2) is 0 Å². The Kier molecular flexibility index (Phi) is 4.25. The number of nitrogens with zero attached hydrogens (tertiary/aromatic N) is 3. The lowest BCUT2D eigenvalue weighted by Gasteiger charge is -2.08. The molecule has 0 saturated carbocycles. The summed E-state index contributed by atoms with van der Waals surface area (Å²) in [7, 11) is 0. The summed E-state index contributed by atoms with van der Waals surface area (Å²) in [4.78, 5) is 0. The van der Waals surface area contributed by atoms with Crippen molar-refractivity contribution in [2.75, 3.05) is 6.61 Å². The molecule has 2 aromatic rings. The number of hydrogen-bond donors (Lipinski definition) is 2. The maximum Gasteiger partial charge on any atom is 0.171 e. The highest BCUT2D eigenvalue weighted by molar-refractivity contribution is 6.34. The standard InChI is InChI=1S/C12H13ClN4O2/c13-11-8-9(2-3-10(11)12(14)16-18)19-7-6-17-5-1-4-15-17/h1-5,8,18H,6-7H2,(H2,14,16). The number of hydrogen-bond acceptors (Lipinski definition) is 4. The van der Waals surface area contributed by atoms with Gasteiger partial charge >= 0.3 is 0 Å². The maximum atomic E-state index is 8.59. The van der Waals surface area contributed by atoms with E-state index in [0.717, 1.165) is 0 Å². The highest BCUT2D eigenvalue weighted by Crippen LogP contribution is 2.22. The average Bonchev–Trinajstić information content (AvgIpc) is 2.91. The Bertz CT molecular complexity index is 569. The molecular weight excluding hydrogens is 268 g/mol. The third kappa shape index (κ3) is 3.38. The third-order valence-electron chi connectivity index (χ3n) is 2.47. The van der Waals surface area contributed by atoms with Crippen molar-refractivity contribution in [3.05, 3.63) is 47.2 Å². The first-order chi connectivity index (χ1) is 9.20. The highest BCUT2D eigenvalue weighted by Gasteiger charge is 2.06. The number of ether oxygens (including phenoxy) is 1. The van der Waals surface area contributed by atoms with Crippen LogP contribution in [-0.4, -0.2) is 27.4 Å². The van der Waals surface area contributed by atoms with Crippen molar-refractivity contribution in [1.29, 1.82) is 0 Å². The molecule has 0 saturated heterocycles. The van der Waals surface area contributed by atoms with Crippen LogP contribution in [0.5, 0.6) is 5.75 Å². The van der Waals surface area contributed by atoms with Gasteiger partial charge in [-0.15, -0.1) is 0 Å². The first-order valence-corrected chi connectivity index (χ1v) is 5.96. The SMILES string of the molecule is N/C(=N/O)c1ccc(OCCn2cccn2)cc1Cl. The van der Waals surface area contributed by atoms with Crippen LogP contribution in [-0.2, 0) is 6.54 Å². The Balaban J connectivity index is 1.96. The van der Waals surface area contributed by atoms with Crippen LogP contribution in [0.3, 0.4) is 0 Å². The molecule has 0 aliphatic rings. The molecule has 0 radical (unpaired) electrons. The molecule has 0 spiro atoms. The maximum absolute atomic E-state index is 8.59. The summed E-state index contributed by atoms with van der Waals surface area (Å²) < 4.78 is 7.31. The molecule has 0 unspecified atom stereocenters. The van der Waals surface area contributed by atoms with Gasteiger partial charge in [0.1, 0.15) is 12.4 Å². The molecule has 1 aromatic carbocycles. The van der Waals surface area contributed by atoms with Crippen molar-refractivity contribution in [3.8, 4) is 5.75 Å². The summed E-state index contributed by atoms with van der Waals surface area (Å²) in [6, 6.07) is 6.82. The van der Waals surface area contributed by atoms with Crippen molar-refractivity contribution in [2.24, 2.45) is 10.9 Å². The smallest absolute Gasteiger partial charge is 0.171 e. The molecule has 0 fully saturated rings. The predicted molar refractivity (Wildman–Crippen MR) is 71.7 cm³/mol. The molecule has 7 heteroatoms. The lowest BCUT2D eigenvalue weighted by molar-refractivity contribution is 0.291. The number of nitrogens with two attached hydrogens (primary N) is 1. The molecule has 0 atom stereocenters. The first-order valence-electron chi connectivity index (χ1n) is 5.58. The van der Waals surface area contributed by atoms with Crippen LogP contribution < -0.4 is 10.5 Å². The number of rotatable bonds is 5. The Labute approximate surface area is 115 Å². The normalized spacial score (nSPS) is 11.5. The second kappa shape index (κ2) is 6.10. The van der Waals surface area contributed by atoms with Gasteiger partial charge in [0.25, 0.3) is 0 Å². The van der Waals surface area contributed by atoms with Crippen molar-refractivity contribution < 1.29 is 9.94 Å². The van der Waals surface area contributed by atoms with Crippen LogP contribution in [0.15, 0.2) is 41.8 Å². The Hall–Kier alpha value is -2.21. The zero-order chi connectivity index (χ0) is 13.7. The van der Waals surface area contributed by atoms with E-state index in [2.05, 4.69) is 10.3 Å². The third-order valence-corrected chi connectivity index (χ3v) is 2.79. The molecule has 0 aliphatic heterocycles. The first kappa shape index (κ1) is 13.2. The molecule has 0 aliphatic carbocycles. The summed E-state index contributed by atoms with van der Waals surface area (Å²) in [5.41, 5.74) is 5.93. The number of aromatic nitrogens is 2. The molecular formula is C12H13ClN4O2. The number of amidine groups is 1. The van der Waals surface area contributed by atoms with Gasteiger partial charge in [0.05, 0.1) is 11.6 Å². The largest absolute Gasteiger partial charge is 0.492 e. The van der Waals surface area contributed by atoms with Gasteiger partial charge in [-0.1, -0.05) is 16.8 Å². The zero-order valence-corrected chi connectivity index (χ0v) is 10.8. The van der Waals surface area contributed by atoms with E-state index in [9.17, 15) is 0 Å². The van der Waals surface area contributed by atoms with E-state index >= 15 is 0 Å². The lowest BCUT2D eigenvalue weighted by Crippen LogP contribution is -2.14. The summed E-state index contributed by atoms with van der Waals surface area (Å²) in [6.07, 6.45) is 3.57. The fourth-order valence-corrected chi connectivity index (χ4v) is 1.80. The molecule has 0 amide bonds. The minimum absolute atomic E-state index is 0.0342. The van der Waals surface area contributed by atoms with Gasteiger partial charge in [-0.3, -0.25) is 4.68 Å². The molecule has 19 heavy (non-hydrogen) atoms. The number of halogens is 1. The fourth-order valence-electron chi connectivity index (χ4n) is 1.54. The molecule has 2 rings (SSSR count). The Morgan fingerprint density at radius 3 is 3.00 bits per heavy atom. The quantitative estimate of drug-likeness (QED) is 0.378.